The zero-order valence-electron chi connectivity index (χ0n) is 15.6. The summed E-state index contributed by atoms with van der Waals surface area (Å²) in [6.45, 7) is 7.10. The van der Waals surface area contributed by atoms with Crippen LogP contribution in [0.4, 0.5) is 0 Å². The molecule has 0 saturated heterocycles. The number of carbonyl (C=O) groups is 1. The normalized spacial score (nSPS) is 11.8. The molecule has 0 aliphatic carbocycles. The zero-order chi connectivity index (χ0) is 18.6. The second-order valence-corrected chi connectivity index (χ2v) is 7.56. The van der Waals surface area contributed by atoms with E-state index in [4.69, 9.17) is 0 Å². The number of hydrogen-bond donors (Lipinski definition) is 1. The summed E-state index contributed by atoms with van der Waals surface area (Å²) in [5.74, 6) is -0.0853. The fourth-order valence-electron chi connectivity index (χ4n) is 2.95. The van der Waals surface area contributed by atoms with Crippen molar-refractivity contribution in [2.75, 3.05) is 0 Å². The lowest BCUT2D eigenvalue weighted by molar-refractivity contribution is -0.116. The summed E-state index contributed by atoms with van der Waals surface area (Å²) in [6.07, 6.45) is 3.45. The van der Waals surface area contributed by atoms with Crippen LogP contribution in [0.25, 0.3) is 16.8 Å². The molecule has 0 aliphatic heterocycles. The van der Waals surface area contributed by atoms with Crippen LogP contribution in [0.1, 0.15) is 37.5 Å². The van der Waals surface area contributed by atoms with Gasteiger partial charge in [0.25, 0.3) is 0 Å². The fraction of sp³-hybridized carbons (Fsp3) is 0.208. The standard InChI is InChI=1S/C24H25NO/c1-24(2,3)21-14-11-18(12-15-21)13-16-23(26)25-17-20-9-6-8-19-7-4-5-10-22(19)20/h4-16H,17H2,1-3H3,(H,25,26)/b16-13+. The summed E-state index contributed by atoms with van der Waals surface area (Å²) >= 11 is 0. The molecule has 0 radical (unpaired) electrons. The van der Waals surface area contributed by atoms with E-state index in [9.17, 15) is 4.79 Å². The Morgan fingerprint density at radius 1 is 0.923 bits per heavy atom. The molecule has 0 aliphatic rings. The lowest BCUT2D eigenvalue weighted by Gasteiger charge is -2.18. The van der Waals surface area contributed by atoms with Gasteiger partial charge < -0.3 is 5.32 Å². The second-order valence-electron chi connectivity index (χ2n) is 7.56. The summed E-state index contributed by atoms with van der Waals surface area (Å²) in [6, 6.07) is 22.7. The van der Waals surface area contributed by atoms with E-state index >= 15 is 0 Å². The van der Waals surface area contributed by atoms with Crippen LogP contribution in [0.3, 0.4) is 0 Å². The predicted octanol–water partition coefficient (Wildman–Crippen LogP) is 5.47. The molecule has 1 amide bonds. The quantitative estimate of drug-likeness (QED) is 0.626. The highest BCUT2D eigenvalue weighted by atomic mass is 16.1. The van der Waals surface area contributed by atoms with Gasteiger partial charge in [-0.3, -0.25) is 4.79 Å². The van der Waals surface area contributed by atoms with Gasteiger partial charge in [-0.25, -0.2) is 0 Å². The number of rotatable bonds is 4. The fourth-order valence-corrected chi connectivity index (χ4v) is 2.95. The van der Waals surface area contributed by atoms with E-state index in [1.54, 1.807) is 6.08 Å². The maximum absolute atomic E-state index is 12.2. The Bertz CT molecular complexity index is 925. The first-order valence-corrected chi connectivity index (χ1v) is 8.96. The number of hydrogen-bond acceptors (Lipinski definition) is 1. The Morgan fingerprint density at radius 2 is 1.62 bits per heavy atom. The largest absolute Gasteiger partial charge is 0.348 e. The maximum Gasteiger partial charge on any atom is 0.244 e. The highest BCUT2D eigenvalue weighted by molar-refractivity contribution is 5.92. The van der Waals surface area contributed by atoms with Crippen LogP contribution in [0.15, 0.2) is 72.8 Å². The first-order valence-electron chi connectivity index (χ1n) is 8.96. The second kappa shape index (κ2) is 7.57. The molecule has 0 heterocycles. The molecule has 3 rings (SSSR count). The number of carbonyl (C=O) groups excluding carboxylic acids is 1. The third-order valence-corrected chi connectivity index (χ3v) is 4.54. The van der Waals surface area contributed by atoms with Crippen molar-refractivity contribution in [1.29, 1.82) is 0 Å². The molecule has 0 aromatic heterocycles. The zero-order valence-corrected chi connectivity index (χ0v) is 15.6. The van der Waals surface area contributed by atoms with Gasteiger partial charge in [-0.2, -0.15) is 0 Å². The minimum Gasteiger partial charge on any atom is -0.348 e. The molecule has 0 unspecified atom stereocenters. The minimum absolute atomic E-state index is 0.0853. The first-order chi connectivity index (χ1) is 12.4. The van der Waals surface area contributed by atoms with E-state index in [-0.39, 0.29) is 11.3 Å². The smallest absolute Gasteiger partial charge is 0.244 e. The van der Waals surface area contributed by atoms with Gasteiger partial charge in [-0.1, -0.05) is 87.5 Å². The van der Waals surface area contributed by atoms with Crippen molar-refractivity contribution < 1.29 is 4.79 Å². The monoisotopic (exact) mass is 343 g/mol. The Labute approximate surface area is 155 Å². The molecule has 3 aromatic rings. The Hall–Kier alpha value is -2.87. The van der Waals surface area contributed by atoms with E-state index < -0.39 is 0 Å². The van der Waals surface area contributed by atoms with Crippen molar-refractivity contribution in [2.45, 2.75) is 32.7 Å². The van der Waals surface area contributed by atoms with E-state index in [1.807, 2.05) is 24.3 Å². The van der Waals surface area contributed by atoms with Crippen LogP contribution in [0.5, 0.6) is 0 Å². The van der Waals surface area contributed by atoms with E-state index in [0.717, 1.165) is 11.1 Å². The van der Waals surface area contributed by atoms with Crippen LogP contribution in [-0.2, 0) is 16.8 Å². The number of fused-ring (bicyclic) bond motifs is 1. The number of nitrogens with one attached hydrogen (secondary N) is 1. The predicted molar refractivity (Wildman–Crippen MR) is 110 cm³/mol. The Morgan fingerprint density at radius 3 is 2.35 bits per heavy atom. The van der Waals surface area contributed by atoms with Gasteiger partial charge in [0.15, 0.2) is 0 Å². The van der Waals surface area contributed by atoms with Crippen LogP contribution < -0.4 is 5.32 Å². The Kier molecular flexibility index (Phi) is 5.22. The summed E-state index contributed by atoms with van der Waals surface area (Å²) < 4.78 is 0. The number of benzene rings is 3. The number of amides is 1. The highest BCUT2D eigenvalue weighted by Crippen LogP contribution is 2.22. The molecular weight excluding hydrogens is 318 g/mol. The van der Waals surface area contributed by atoms with E-state index in [1.165, 1.54) is 16.3 Å². The van der Waals surface area contributed by atoms with Crippen molar-refractivity contribution in [3.05, 3.63) is 89.5 Å². The maximum atomic E-state index is 12.2. The van der Waals surface area contributed by atoms with Crippen LogP contribution in [0.2, 0.25) is 0 Å². The first kappa shape index (κ1) is 17.9. The molecule has 0 bridgehead atoms. The van der Waals surface area contributed by atoms with Crippen LogP contribution in [0, 0.1) is 0 Å². The molecule has 132 valence electrons. The van der Waals surface area contributed by atoms with Gasteiger partial charge >= 0.3 is 0 Å². The summed E-state index contributed by atoms with van der Waals surface area (Å²) in [5, 5.41) is 5.34. The van der Waals surface area contributed by atoms with E-state index in [2.05, 4.69) is 74.6 Å². The molecule has 0 atom stereocenters. The van der Waals surface area contributed by atoms with Crippen molar-refractivity contribution in [2.24, 2.45) is 0 Å². The molecule has 2 heteroatoms. The van der Waals surface area contributed by atoms with Gasteiger partial charge in [0, 0.05) is 12.6 Å². The molecule has 26 heavy (non-hydrogen) atoms. The summed E-state index contributed by atoms with van der Waals surface area (Å²) in [4.78, 5) is 12.2. The SMILES string of the molecule is CC(C)(C)c1ccc(/C=C/C(=O)NCc2cccc3ccccc23)cc1. The van der Waals surface area contributed by atoms with Gasteiger partial charge in [-0.15, -0.1) is 0 Å². The average Bonchev–Trinajstić information content (AvgIpc) is 2.64. The van der Waals surface area contributed by atoms with Gasteiger partial charge in [0.05, 0.1) is 0 Å². The summed E-state index contributed by atoms with van der Waals surface area (Å²) in [5.41, 5.74) is 3.57. The molecule has 0 fully saturated rings. The average molecular weight is 343 g/mol. The molecule has 2 nitrogen and oxygen atoms in total. The highest BCUT2D eigenvalue weighted by Gasteiger charge is 2.12. The van der Waals surface area contributed by atoms with Crippen molar-refractivity contribution in [3.8, 4) is 0 Å². The van der Waals surface area contributed by atoms with Crippen molar-refractivity contribution in [1.82, 2.24) is 5.32 Å². The van der Waals surface area contributed by atoms with Crippen LogP contribution in [-0.4, -0.2) is 5.91 Å². The third kappa shape index (κ3) is 4.40. The van der Waals surface area contributed by atoms with Crippen molar-refractivity contribution in [3.63, 3.8) is 0 Å². The minimum atomic E-state index is -0.0853. The lowest BCUT2D eigenvalue weighted by atomic mass is 9.87. The molecule has 0 spiro atoms. The van der Waals surface area contributed by atoms with Gasteiger partial charge in [0.2, 0.25) is 5.91 Å². The van der Waals surface area contributed by atoms with Gasteiger partial charge in [0.1, 0.15) is 0 Å². The molecular formula is C24H25NO. The molecule has 1 N–H and O–H groups in total. The third-order valence-electron chi connectivity index (χ3n) is 4.54. The van der Waals surface area contributed by atoms with Gasteiger partial charge in [-0.05, 0) is 39.0 Å². The topological polar surface area (TPSA) is 29.1 Å². The summed E-state index contributed by atoms with van der Waals surface area (Å²) in [7, 11) is 0. The van der Waals surface area contributed by atoms with E-state index in [0.29, 0.717) is 6.54 Å². The molecule has 0 saturated carbocycles. The van der Waals surface area contributed by atoms with Crippen molar-refractivity contribution >= 4 is 22.8 Å². The van der Waals surface area contributed by atoms with Crippen LogP contribution >= 0.6 is 0 Å². The Balaban J connectivity index is 1.62. The lowest BCUT2D eigenvalue weighted by Crippen LogP contribution is -2.20. The molecule has 3 aromatic carbocycles.